The maximum Gasteiger partial charge on any atom is 0.573 e. The second-order valence-electron chi connectivity index (χ2n) is 2.90. The van der Waals surface area contributed by atoms with Gasteiger partial charge in [0.25, 0.3) is 0 Å². The largest absolute Gasteiger partial charge is 0.573 e. The van der Waals surface area contributed by atoms with Gasteiger partial charge >= 0.3 is 12.0 Å². The molecule has 0 fully saturated rings. The smallest absolute Gasteiger partial charge is 0.398 e. The van der Waals surface area contributed by atoms with Gasteiger partial charge in [-0.25, -0.2) is 0 Å². The van der Waals surface area contributed by atoms with Crippen molar-refractivity contribution in [3.05, 3.63) is 32.3 Å². The van der Waals surface area contributed by atoms with Crippen molar-refractivity contribution in [2.24, 2.45) is 0 Å². The zero-order chi connectivity index (χ0) is 12.5. The molecule has 8 heteroatoms. The van der Waals surface area contributed by atoms with Crippen molar-refractivity contribution in [2.75, 3.05) is 0 Å². The minimum absolute atomic E-state index is 0.0586. The van der Waals surface area contributed by atoms with Gasteiger partial charge in [0.05, 0.1) is 9.40 Å². The molecule has 4 nitrogen and oxygen atoms in total. The van der Waals surface area contributed by atoms with Crippen molar-refractivity contribution >= 4 is 21.6 Å². The Morgan fingerprint density at radius 2 is 2.00 bits per heavy atom. The first kappa shape index (κ1) is 12.8. The standard InChI is InChI=1S/C8H5BrF3NO3/c1-4-2-5(9)7(13(14)15)6(3-4)16-8(10,11)12/h2-3H,1H3. The monoisotopic (exact) mass is 299 g/mol. The summed E-state index contributed by atoms with van der Waals surface area (Å²) < 4.78 is 39.5. The molecule has 0 aliphatic heterocycles. The lowest BCUT2D eigenvalue weighted by atomic mass is 10.2. The average Bonchev–Trinajstić information content (AvgIpc) is 1.96. The first-order valence-electron chi connectivity index (χ1n) is 3.91. The maximum absolute atomic E-state index is 12.0. The van der Waals surface area contributed by atoms with Crippen LogP contribution in [0.4, 0.5) is 18.9 Å². The molecule has 1 aromatic carbocycles. The first-order chi connectivity index (χ1) is 7.20. The highest BCUT2D eigenvalue weighted by Crippen LogP contribution is 2.38. The van der Waals surface area contributed by atoms with Gasteiger partial charge in [-0.1, -0.05) is 0 Å². The predicted octanol–water partition coefficient (Wildman–Crippen LogP) is 3.56. The summed E-state index contributed by atoms with van der Waals surface area (Å²) in [5.41, 5.74) is -0.334. The summed E-state index contributed by atoms with van der Waals surface area (Å²) in [7, 11) is 0. The molecule has 0 radical (unpaired) electrons. The van der Waals surface area contributed by atoms with Crippen molar-refractivity contribution in [1.29, 1.82) is 0 Å². The fourth-order valence-corrected chi connectivity index (χ4v) is 1.78. The number of benzene rings is 1. The van der Waals surface area contributed by atoms with E-state index in [-0.39, 0.29) is 4.47 Å². The minimum atomic E-state index is -4.96. The molecular formula is C8H5BrF3NO3. The van der Waals surface area contributed by atoms with Crippen molar-refractivity contribution in [3.63, 3.8) is 0 Å². The molecule has 0 aromatic heterocycles. The normalized spacial score (nSPS) is 11.3. The number of ether oxygens (including phenoxy) is 1. The number of rotatable bonds is 2. The van der Waals surface area contributed by atoms with Crippen LogP contribution < -0.4 is 4.74 Å². The van der Waals surface area contributed by atoms with Gasteiger partial charge in [0.15, 0.2) is 0 Å². The Hall–Kier alpha value is -1.31. The molecule has 0 atom stereocenters. The predicted molar refractivity (Wildman–Crippen MR) is 52.2 cm³/mol. The molecule has 1 rings (SSSR count). The van der Waals surface area contributed by atoms with Crippen molar-refractivity contribution < 1.29 is 22.8 Å². The molecule has 0 aliphatic rings. The van der Waals surface area contributed by atoms with Crippen LogP contribution in [0.5, 0.6) is 5.75 Å². The third kappa shape index (κ3) is 3.09. The van der Waals surface area contributed by atoms with Gasteiger partial charge in [0, 0.05) is 0 Å². The molecule has 0 aliphatic carbocycles. The quantitative estimate of drug-likeness (QED) is 0.620. The van der Waals surface area contributed by atoms with Crippen LogP contribution in [0.25, 0.3) is 0 Å². The van der Waals surface area contributed by atoms with Crippen LogP contribution in [0.1, 0.15) is 5.56 Å². The lowest BCUT2D eigenvalue weighted by Gasteiger charge is -2.10. The van der Waals surface area contributed by atoms with Gasteiger partial charge in [-0.05, 0) is 40.5 Å². The fraction of sp³-hybridized carbons (Fsp3) is 0.250. The topological polar surface area (TPSA) is 52.4 Å². The van der Waals surface area contributed by atoms with Gasteiger partial charge in [-0.2, -0.15) is 0 Å². The fourth-order valence-electron chi connectivity index (χ4n) is 1.08. The maximum atomic E-state index is 12.0. The van der Waals surface area contributed by atoms with Crippen LogP contribution >= 0.6 is 15.9 Å². The van der Waals surface area contributed by atoms with Crippen LogP contribution in [-0.4, -0.2) is 11.3 Å². The molecule has 0 saturated carbocycles. The Morgan fingerprint density at radius 1 is 1.44 bits per heavy atom. The molecule has 16 heavy (non-hydrogen) atoms. The zero-order valence-electron chi connectivity index (χ0n) is 7.84. The summed E-state index contributed by atoms with van der Waals surface area (Å²) in [5, 5.41) is 10.6. The number of aryl methyl sites for hydroxylation is 1. The van der Waals surface area contributed by atoms with Crippen LogP contribution in [0.2, 0.25) is 0 Å². The second kappa shape index (κ2) is 4.28. The van der Waals surface area contributed by atoms with Crippen molar-refractivity contribution in [2.45, 2.75) is 13.3 Å². The van der Waals surface area contributed by atoms with Crippen LogP contribution in [0.3, 0.4) is 0 Å². The van der Waals surface area contributed by atoms with Crippen LogP contribution in [0, 0.1) is 17.0 Å². The number of nitro benzene ring substituents is 1. The molecule has 0 bridgehead atoms. The molecule has 0 amide bonds. The number of nitro groups is 1. The summed E-state index contributed by atoms with van der Waals surface area (Å²) >= 11 is 2.82. The van der Waals surface area contributed by atoms with Crippen molar-refractivity contribution in [3.8, 4) is 5.75 Å². The number of halogens is 4. The van der Waals surface area contributed by atoms with Gasteiger partial charge in [-0.3, -0.25) is 10.1 Å². The molecule has 88 valence electrons. The first-order valence-corrected chi connectivity index (χ1v) is 4.70. The van der Waals surface area contributed by atoms with Crippen molar-refractivity contribution in [1.82, 2.24) is 0 Å². The number of hydrogen-bond donors (Lipinski definition) is 0. The van der Waals surface area contributed by atoms with E-state index in [4.69, 9.17) is 0 Å². The second-order valence-corrected chi connectivity index (χ2v) is 3.75. The highest BCUT2D eigenvalue weighted by Gasteiger charge is 2.35. The van der Waals surface area contributed by atoms with E-state index in [0.29, 0.717) is 5.56 Å². The summed E-state index contributed by atoms with van der Waals surface area (Å²) in [6.45, 7) is 1.50. The summed E-state index contributed by atoms with van der Waals surface area (Å²) in [6, 6.07) is 2.29. The lowest BCUT2D eigenvalue weighted by Crippen LogP contribution is -2.18. The molecule has 0 N–H and O–H groups in total. The number of nitrogens with zero attached hydrogens (tertiary/aromatic N) is 1. The Labute approximate surface area is 96.3 Å². The minimum Gasteiger partial charge on any atom is -0.398 e. The SMILES string of the molecule is Cc1cc(Br)c([N+](=O)[O-])c(OC(F)(F)F)c1. The number of alkyl halides is 3. The highest BCUT2D eigenvalue weighted by molar-refractivity contribution is 9.10. The van der Waals surface area contributed by atoms with Crippen LogP contribution in [-0.2, 0) is 0 Å². The van der Waals surface area contributed by atoms with Gasteiger partial charge in [0.1, 0.15) is 0 Å². The Balaban J connectivity index is 3.30. The van der Waals surface area contributed by atoms with E-state index < -0.39 is 22.7 Å². The summed E-state index contributed by atoms with van der Waals surface area (Å²) in [5.74, 6) is -0.829. The lowest BCUT2D eigenvalue weighted by molar-refractivity contribution is -0.389. The Kier molecular flexibility index (Phi) is 3.41. The van der Waals surface area contributed by atoms with E-state index in [0.717, 1.165) is 6.07 Å². The Bertz CT molecular complexity index is 433. The third-order valence-electron chi connectivity index (χ3n) is 1.58. The zero-order valence-corrected chi connectivity index (χ0v) is 9.42. The molecule has 0 heterocycles. The van der Waals surface area contributed by atoms with Gasteiger partial charge < -0.3 is 4.74 Å². The highest BCUT2D eigenvalue weighted by atomic mass is 79.9. The molecule has 0 unspecified atom stereocenters. The summed E-state index contributed by atoms with van der Waals surface area (Å²) in [4.78, 5) is 9.63. The Morgan fingerprint density at radius 3 is 2.44 bits per heavy atom. The van der Waals surface area contributed by atoms with E-state index in [1.165, 1.54) is 13.0 Å². The van der Waals surface area contributed by atoms with Gasteiger partial charge in [-0.15, -0.1) is 13.2 Å². The van der Waals surface area contributed by atoms with E-state index in [1.54, 1.807) is 0 Å². The molecular weight excluding hydrogens is 295 g/mol. The van der Waals surface area contributed by atoms with E-state index in [2.05, 4.69) is 20.7 Å². The number of hydrogen-bond acceptors (Lipinski definition) is 3. The molecule has 0 saturated heterocycles. The molecule has 0 spiro atoms. The van der Waals surface area contributed by atoms with Crippen LogP contribution in [0.15, 0.2) is 16.6 Å². The molecule has 1 aromatic rings. The summed E-state index contributed by atoms with van der Waals surface area (Å²) in [6.07, 6.45) is -4.96. The average molecular weight is 300 g/mol. The van der Waals surface area contributed by atoms with E-state index in [1.807, 2.05) is 0 Å². The van der Waals surface area contributed by atoms with E-state index in [9.17, 15) is 23.3 Å². The van der Waals surface area contributed by atoms with Gasteiger partial charge in [0.2, 0.25) is 5.75 Å². The van der Waals surface area contributed by atoms with E-state index >= 15 is 0 Å². The third-order valence-corrected chi connectivity index (χ3v) is 2.19.